The first kappa shape index (κ1) is 55.9. The van der Waals surface area contributed by atoms with Crippen molar-refractivity contribution in [1.29, 1.82) is 0 Å². The van der Waals surface area contributed by atoms with Crippen LogP contribution in [0.3, 0.4) is 0 Å². The first-order chi connectivity index (χ1) is 30.9. The highest BCUT2D eigenvalue weighted by Crippen LogP contribution is 2.67. The third-order valence-electron chi connectivity index (χ3n) is 16.4. The van der Waals surface area contributed by atoms with Gasteiger partial charge < -0.3 is 28.9 Å². The molecule has 0 spiro atoms. The molecule has 0 aromatic heterocycles. The number of carbonyl (C=O) groups is 2. The minimum absolute atomic E-state index is 0.00195. The predicted octanol–water partition coefficient (Wildman–Crippen LogP) is 14.0. The van der Waals surface area contributed by atoms with E-state index in [1.807, 2.05) is 21.1 Å². The number of unbranched alkanes of at least 4 members (excludes halogenated alkanes) is 13. The van der Waals surface area contributed by atoms with Crippen LogP contribution in [-0.2, 0) is 27.8 Å². The summed E-state index contributed by atoms with van der Waals surface area (Å²) in [6, 6.07) is 0. The summed E-state index contributed by atoms with van der Waals surface area (Å²) in [7, 11) is 1.38. The number of carbonyl (C=O) groups excluding carboxylic acids is 2. The van der Waals surface area contributed by atoms with Crippen LogP contribution in [0.5, 0.6) is 0 Å². The molecule has 2 N–H and O–H groups in total. The van der Waals surface area contributed by atoms with Crippen LogP contribution in [0.15, 0.2) is 11.6 Å². The molecule has 1 amide bonds. The Morgan fingerprint density at radius 3 is 2.09 bits per heavy atom. The highest BCUT2D eigenvalue weighted by atomic mass is 31.2. The van der Waals surface area contributed by atoms with E-state index in [9.17, 15) is 19.0 Å². The Balaban J connectivity index is 1.21. The Kier molecular flexibility index (Phi) is 23.7. The Morgan fingerprint density at radius 1 is 0.815 bits per heavy atom. The van der Waals surface area contributed by atoms with E-state index in [1.54, 1.807) is 0 Å². The molecule has 0 saturated heterocycles. The number of phosphoric acid groups is 1. The van der Waals surface area contributed by atoms with E-state index in [1.165, 1.54) is 121 Å². The summed E-state index contributed by atoms with van der Waals surface area (Å²) >= 11 is 0. The molecule has 0 aliphatic heterocycles. The SMILES string of the molecule is CCCCCCCCCCCCCCCCNC(=O)O[C@@H](COC(=O)O[C@H]1CC[C@@]2(C)C(=CC[C@H]3[C@@H]4CC[C@H]([C@H](C)CCCC(C)C)[C@@]4(C)CC[C@@H]32)C1)COP(=O)(O)OCC[N+](C)(C)C. The number of rotatable bonds is 31. The van der Waals surface area contributed by atoms with E-state index in [0.717, 1.165) is 68.1 Å². The number of likely N-dealkylation sites (N-methyl/N-ethyl adjacent to an activating group) is 1. The van der Waals surface area contributed by atoms with E-state index >= 15 is 0 Å². The molecule has 3 saturated carbocycles. The van der Waals surface area contributed by atoms with Crippen molar-refractivity contribution in [2.75, 3.05) is 54.1 Å². The monoisotopic (exact) mass is 938 g/mol. The Bertz CT molecular complexity index is 1480. The van der Waals surface area contributed by atoms with Crippen LogP contribution in [-0.4, -0.2) is 87.9 Å². The van der Waals surface area contributed by atoms with Crippen molar-refractivity contribution in [3.05, 3.63) is 11.6 Å². The number of nitrogens with one attached hydrogen (secondary N) is 1. The molecule has 0 bridgehead atoms. The van der Waals surface area contributed by atoms with Gasteiger partial charge in [-0.1, -0.05) is 156 Å². The van der Waals surface area contributed by atoms with Crippen LogP contribution in [0.4, 0.5) is 9.59 Å². The molecule has 378 valence electrons. The molecule has 4 rings (SSSR count). The average Bonchev–Trinajstić information content (AvgIpc) is 3.60. The van der Waals surface area contributed by atoms with Gasteiger partial charge >= 0.3 is 20.1 Å². The van der Waals surface area contributed by atoms with Crippen molar-refractivity contribution < 1.29 is 46.8 Å². The number of phosphoric ester groups is 1. The largest absolute Gasteiger partial charge is 0.508 e. The smallest absolute Gasteiger partial charge is 0.440 e. The molecule has 3 fully saturated rings. The lowest BCUT2D eigenvalue weighted by atomic mass is 9.47. The predicted molar refractivity (Wildman–Crippen MR) is 262 cm³/mol. The molecule has 0 radical (unpaired) electrons. The molecule has 0 aromatic carbocycles. The molecule has 4 aliphatic carbocycles. The fourth-order valence-corrected chi connectivity index (χ4v) is 13.3. The summed E-state index contributed by atoms with van der Waals surface area (Å²) in [5.74, 6) is 4.59. The van der Waals surface area contributed by atoms with Crippen LogP contribution in [0.1, 0.15) is 202 Å². The Labute approximate surface area is 397 Å². The van der Waals surface area contributed by atoms with Gasteiger partial charge in [0, 0.05) is 13.0 Å². The molecular weight excluding hydrogens is 840 g/mol. The molecule has 4 aliphatic rings. The summed E-state index contributed by atoms with van der Waals surface area (Å²) in [5.41, 5.74) is 1.99. The highest BCUT2D eigenvalue weighted by Gasteiger charge is 2.59. The number of ether oxygens (including phenoxy) is 3. The standard InChI is InChI=1S/C53H97N2O9P/c1-10-11-12-13-14-15-16-17-18-19-20-21-22-23-35-54-50(56)63-45(40-62-65(58,59)61-37-36-55(7,8)9)39-60-51(57)64-44-31-33-52(5)43(38-44)27-28-46-48-30-29-47(42(4)26-24-25-41(2)3)53(48,6)34-32-49(46)52/h27,41-42,44-49H,10-26,28-40H2,1-9H3,(H-,54,56,58,59)/p+1/t42-,44+,45+,46+,47-,48+,49+,52+,53-/m1/s1. The van der Waals surface area contributed by atoms with Gasteiger partial charge in [0.15, 0.2) is 6.10 Å². The summed E-state index contributed by atoms with van der Waals surface area (Å²) in [6.45, 7) is 14.6. The third-order valence-corrected chi connectivity index (χ3v) is 17.4. The van der Waals surface area contributed by atoms with Crippen LogP contribution < -0.4 is 5.32 Å². The highest BCUT2D eigenvalue weighted by molar-refractivity contribution is 7.47. The minimum atomic E-state index is -4.46. The first-order valence-electron chi connectivity index (χ1n) is 26.8. The summed E-state index contributed by atoms with van der Waals surface area (Å²) in [6.07, 6.45) is 30.0. The fraction of sp³-hybridized carbons (Fsp3) is 0.925. The topological polar surface area (TPSA) is 130 Å². The van der Waals surface area contributed by atoms with E-state index in [-0.39, 0.29) is 18.1 Å². The lowest BCUT2D eigenvalue weighted by molar-refractivity contribution is -0.870. The van der Waals surface area contributed by atoms with Gasteiger partial charge in [-0.05, 0) is 97.7 Å². The van der Waals surface area contributed by atoms with Gasteiger partial charge in [-0.2, -0.15) is 0 Å². The van der Waals surface area contributed by atoms with Gasteiger partial charge in [-0.15, -0.1) is 0 Å². The van der Waals surface area contributed by atoms with Crippen molar-refractivity contribution in [3.63, 3.8) is 0 Å². The number of allylic oxidation sites excluding steroid dienone is 1. The fourth-order valence-electron chi connectivity index (χ4n) is 12.5. The molecule has 65 heavy (non-hydrogen) atoms. The zero-order valence-corrected chi connectivity index (χ0v) is 43.9. The second-order valence-corrected chi connectivity index (χ2v) is 24.4. The maximum Gasteiger partial charge on any atom is 0.508 e. The lowest BCUT2D eigenvalue weighted by Crippen LogP contribution is -2.51. The van der Waals surface area contributed by atoms with Crippen LogP contribution >= 0.6 is 7.82 Å². The van der Waals surface area contributed by atoms with Gasteiger partial charge in [-0.3, -0.25) is 9.05 Å². The molecule has 0 aromatic rings. The van der Waals surface area contributed by atoms with E-state index in [2.05, 4.69) is 52.9 Å². The van der Waals surface area contributed by atoms with Crippen molar-refractivity contribution >= 4 is 20.1 Å². The second-order valence-electron chi connectivity index (χ2n) is 23.0. The Hall–Kier alpha value is -1.65. The zero-order valence-electron chi connectivity index (χ0n) is 43.0. The summed E-state index contributed by atoms with van der Waals surface area (Å²) in [5, 5.41) is 2.78. The van der Waals surface area contributed by atoms with Crippen molar-refractivity contribution in [2.45, 2.75) is 214 Å². The first-order valence-corrected chi connectivity index (χ1v) is 28.3. The van der Waals surface area contributed by atoms with Gasteiger partial charge in [0.25, 0.3) is 0 Å². The van der Waals surface area contributed by atoms with E-state index in [0.29, 0.717) is 35.3 Å². The van der Waals surface area contributed by atoms with Gasteiger partial charge in [-0.25, -0.2) is 14.2 Å². The second kappa shape index (κ2) is 27.5. The van der Waals surface area contributed by atoms with Crippen LogP contribution in [0, 0.1) is 46.3 Å². The van der Waals surface area contributed by atoms with Crippen LogP contribution in [0.25, 0.3) is 0 Å². The number of alkyl carbamates (subject to hydrolysis) is 1. The quantitative estimate of drug-likeness (QED) is 0.0229. The van der Waals surface area contributed by atoms with Crippen LogP contribution in [0.2, 0.25) is 0 Å². The van der Waals surface area contributed by atoms with E-state index < -0.39 is 39.4 Å². The van der Waals surface area contributed by atoms with Gasteiger partial charge in [0.05, 0.1) is 27.7 Å². The maximum absolute atomic E-state index is 13.2. The van der Waals surface area contributed by atoms with Gasteiger partial charge in [0.1, 0.15) is 25.9 Å². The minimum Gasteiger partial charge on any atom is -0.440 e. The number of fused-ring (bicyclic) bond motifs is 5. The number of amides is 1. The summed E-state index contributed by atoms with van der Waals surface area (Å²) in [4.78, 5) is 36.4. The third kappa shape index (κ3) is 18.6. The number of hydrogen-bond acceptors (Lipinski definition) is 8. The average molecular weight is 938 g/mol. The number of nitrogens with zero attached hydrogens (tertiary/aromatic N) is 1. The normalized spacial score (nSPS) is 28.3. The van der Waals surface area contributed by atoms with Crippen molar-refractivity contribution in [2.24, 2.45) is 46.3 Å². The van der Waals surface area contributed by atoms with Gasteiger partial charge in [0.2, 0.25) is 0 Å². The maximum atomic E-state index is 13.2. The number of hydrogen-bond donors (Lipinski definition) is 2. The number of quaternary nitrogens is 1. The molecule has 12 heteroatoms. The van der Waals surface area contributed by atoms with E-state index in [4.69, 9.17) is 23.3 Å². The Morgan fingerprint density at radius 2 is 1.46 bits per heavy atom. The van der Waals surface area contributed by atoms with Crippen molar-refractivity contribution in [1.82, 2.24) is 5.32 Å². The molecule has 0 heterocycles. The molecule has 1 unspecified atom stereocenters. The molecular formula is C53H98N2O9P+. The summed E-state index contributed by atoms with van der Waals surface area (Å²) < 4.78 is 40.7. The molecule has 10 atom stereocenters. The molecule has 11 nitrogen and oxygen atoms in total. The lowest BCUT2D eigenvalue weighted by Gasteiger charge is -2.58. The van der Waals surface area contributed by atoms with Crippen molar-refractivity contribution in [3.8, 4) is 0 Å². The zero-order chi connectivity index (χ0) is 47.5.